The molecule has 0 aromatic carbocycles. The summed E-state index contributed by atoms with van der Waals surface area (Å²) in [5, 5.41) is 8.55. The molecule has 0 saturated heterocycles. The molecule has 1 aliphatic carbocycles. The second kappa shape index (κ2) is 7.98. The molecule has 1 fully saturated rings. The minimum absolute atomic E-state index is 0.0838. The highest BCUT2D eigenvalue weighted by molar-refractivity contribution is 5.94. The second-order valence-electron chi connectivity index (χ2n) is 7.62. The largest absolute Gasteiger partial charge is 0.372 e. The minimum atomic E-state index is -2.41. The molecule has 1 saturated carbocycles. The fourth-order valence-electron chi connectivity index (χ4n) is 4.07. The first-order valence-corrected chi connectivity index (χ1v) is 10.1. The van der Waals surface area contributed by atoms with E-state index in [9.17, 15) is 8.78 Å². The molecule has 0 unspecified atom stereocenters. The van der Waals surface area contributed by atoms with Crippen LogP contribution in [-0.4, -0.2) is 49.7 Å². The number of fused-ring (bicyclic) bond motifs is 2. The summed E-state index contributed by atoms with van der Waals surface area (Å²) in [5.41, 5.74) is 3.90. The Hall–Kier alpha value is -3.07. The molecule has 0 amide bonds. The highest BCUT2D eigenvalue weighted by Crippen LogP contribution is 2.29. The van der Waals surface area contributed by atoms with E-state index in [2.05, 4.69) is 31.4 Å². The fourth-order valence-corrected chi connectivity index (χ4v) is 4.07. The van der Waals surface area contributed by atoms with Gasteiger partial charge in [-0.1, -0.05) is 0 Å². The van der Waals surface area contributed by atoms with E-state index in [0.717, 1.165) is 53.4 Å². The summed E-state index contributed by atoms with van der Waals surface area (Å²) in [6.45, 7) is -0.480. The molecule has 0 spiro atoms. The van der Waals surface area contributed by atoms with Crippen LogP contribution in [0.4, 0.5) is 14.7 Å². The molecule has 1 aliphatic rings. The van der Waals surface area contributed by atoms with Crippen LogP contribution in [0.15, 0.2) is 43.0 Å². The van der Waals surface area contributed by atoms with Crippen molar-refractivity contribution in [2.24, 2.45) is 0 Å². The summed E-state index contributed by atoms with van der Waals surface area (Å²) in [7, 11) is 0. The molecule has 4 heterocycles. The molecule has 4 aromatic heterocycles. The summed E-state index contributed by atoms with van der Waals surface area (Å²) in [5.74, 6) is 0.569. The first-order valence-electron chi connectivity index (χ1n) is 10.1. The van der Waals surface area contributed by atoms with Crippen LogP contribution in [0.3, 0.4) is 0 Å². The Balaban J connectivity index is 1.27. The molecule has 9 heteroatoms. The SMILES string of the molecule is FC(F)COC1CCC(Nc2ncc3c(-c4ccn5nccc5c4)c[nH]c3n2)CC1. The number of hydrogen-bond acceptors (Lipinski definition) is 5. The number of H-pyrrole nitrogens is 1. The number of nitrogens with one attached hydrogen (secondary N) is 2. The Morgan fingerprint density at radius 1 is 1.23 bits per heavy atom. The lowest BCUT2D eigenvalue weighted by Gasteiger charge is -2.29. The Labute approximate surface area is 171 Å². The average molecular weight is 412 g/mol. The van der Waals surface area contributed by atoms with Crippen molar-refractivity contribution in [3.05, 3.63) is 43.0 Å². The monoisotopic (exact) mass is 412 g/mol. The van der Waals surface area contributed by atoms with Gasteiger partial charge in [-0.2, -0.15) is 10.1 Å². The van der Waals surface area contributed by atoms with Crippen LogP contribution < -0.4 is 5.32 Å². The Morgan fingerprint density at radius 2 is 2.10 bits per heavy atom. The maximum Gasteiger partial charge on any atom is 0.261 e. The van der Waals surface area contributed by atoms with Gasteiger partial charge in [0, 0.05) is 41.8 Å². The highest BCUT2D eigenvalue weighted by Gasteiger charge is 2.23. The Kier molecular flexibility index (Phi) is 5.04. The van der Waals surface area contributed by atoms with E-state index in [-0.39, 0.29) is 12.1 Å². The topological polar surface area (TPSA) is 80.1 Å². The quantitative estimate of drug-likeness (QED) is 0.494. The normalized spacial score (nSPS) is 19.7. The predicted octanol–water partition coefficient (Wildman–Crippen LogP) is 4.28. The van der Waals surface area contributed by atoms with Crippen molar-refractivity contribution in [3.63, 3.8) is 0 Å². The number of ether oxygens (including phenoxy) is 1. The average Bonchev–Trinajstić information content (AvgIpc) is 3.39. The van der Waals surface area contributed by atoms with E-state index in [1.54, 1.807) is 6.20 Å². The van der Waals surface area contributed by atoms with E-state index >= 15 is 0 Å². The van der Waals surface area contributed by atoms with Crippen LogP contribution in [0.2, 0.25) is 0 Å². The van der Waals surface area contributed by atoms with Crippen molar-refractivity contribution in [2.75, 3.05) is 11.9 Å². The lowest BCUT2D eigenvalue weighted by Crippen LogP contribution is -2.31. The maximum absolute atomic E-state index is 12.3. The smallest absolute Gasteiger partial charge is 0.261 e. The van der Waals surface area contributed by atoms with Gasteiger partial charge in [0.2, 0.25) is 5.95 Å². The van der Waals surface area contributed by atoms with Gasteiger partial charge in [-0.15, -0.1) is 0 Å². The molecule has 0 bridgehead atoms. The van der Waals surface area contributed by atoms with Crippen molar-refractivity contribution in [1.29, 1.82) is 0 Å². The highest BCUT2D eigenvalue weighted by atomic mass is 19.3. The van der Waals surface area contributed by atoms with E-state index < -0.39 is 13.0 Å². The lowest BCUT2D eigenvalue weighted by molar-refractivity contribution is -0.0374. The van der Waals surface area contributed by atoms with Crippen molar-refractivity contribution in [2.45, 2.75) is 44.3 Å². The Bertz CT molecular complexity index is 1150. The van der Waals surface area contributed by atoms with Crippen LogP contribution in [0.1, 0.15) is 25.7 Å². The number of hydrogen-bond donors (Lipinski definition) is 2. The molecular weight excluding hydrogens is 390 g/mol. The molecule has 5 rings (SSSR count). The van der Waals surface area contributed by atoms with E-state index in [1.807, 2.05) is 35.2 Å². The molecule has 2 N–H and O–H groups in total. The number of nitrogens with zero attached hydrogens (tertiary/aromatic N) is 4. The van der Waals surface area contributed by atoms with Gasteiger partial charge in [-0.3, -0.25) is 0 Å². The molecular formula is C21H22F2N6O. The first-order chi connectivity index (χ1) is 14.7. The number of alkyl halides is 2. The molecule has 0 radical (unpaired) electrons. The summed E-state index contributed by atoms with van der Waals surface area (Å²) in [6, 6.07) is 6.27. The summed E-state index contributed by atoms with van der Waals surface area (Å²) in [4.78, 5) is 12.4. The van der Waals surface area contributed by atoms with Gasteiger partial charge in [0.15, 0.2) is 0 Å². The maximum atomic E-state index is 12.3. The van der Waals surface area contributed by atoms with Gasteiger partial charge < -0.3 is 15.0 Å². The third-order valence-electron chi connectivity index (χ3n) is 5.61. The number of anilines is 1. The van der Waals surface area contributed by atoms with Gasteiger partial charge in [-0.25, -0.2) is 18.3 Å². The molecule has 4 aromatic rings. The molecule has 0 aliphatic heterocycles. The van der Waals surface area contributed by atoms with E-state index in [0.29, 0.717) is 5.95 Å². The van der Waals surface area contributed by atoms with Gasteiger partial charge in [-0.05, 0) is 49.4 Å². The summed E-state index contributed by atoms with van der Waals surface area (Å²) < 4.78 is 31.6. The number of aromatic amines is 1. The zero-order valence-corrected chi connectivity index (χ0v) is 16.3. The standard InChI is InChI=1S/C21H22F2N6O/c22-19(23)12-30-16-3-1-14(2-4-16)27-21-25-11-18-17(10-24-20(18)28-21)13-6-8-29-15(9-13)5-7-26-29/h5-11,14,16,19H,1-4,12H2,(H2,24,25,27,28). The second-order valence-corrected chi connectivity index (χ2v) is 7.62. The molecule has 156 valence electrons. The molecule has 30 heavy (non-hydrogen) atoms. The summed E-state index contributed by atoms with van der Waals surface area (Å²) in [6.07, 6.45) is 8.19. The zero-order chi connectivity index (χ0) is 20.5. The van der Waals surface area contributed by atoms with Gasteiger partial charge >= 0.3 is 0 Å². The zero-order valence-electron chi connectivity index (χ0n) is 16.3. The number of pyridine rings is 1. The summed E-state index contributed by atoms with van der Waals surface area (Å²) >= 11 is 0. The van der Waals surface area contributed by atoms with Crippen molar-refractivity contribution < 1.29 is 13.5 Å². The van der Waals surface area contributed by atoms with Gasteiger partial charge in [0.05, 0.1) is 11.6 Å². The minimum Gasteiger partial charge on any atom is -0.372 e. The molecule has 0 atom stereocenters. The van der Waals surface area contributed by atoms with Crippen LogP contribution >= 0.6 is 0 Å². The van der Waals surface area contributed by atoms with Crippen molar-refractivity contribution >= 4 is 22.5 Å². The predicted molar refractivity (Wildman–Crippen MR) is 110 cm³/mol. The van der Waals surface area contributed by atoms with E-state index in [4.69, 9.17) is 4.74 Å². The van der Waals surface area contributed by atoms with Gasteiger partial charge in [0.1, 0.15) is 12.3 Å². The van der Waals surface area contributed by atoms with Crippen LogP contribution in [0.5, 0.6) is 0 Å². The van der Waals surface area contributed by atoms with E-state index in [1.165, 1.54) is 0 Å². The lowest BCUT2D eigenvalue weighted by atomic mass is 9.93. The number of aromatic nitrogens is 5. The van der Waals surface area contributed by atoms with Crippen molar-refractivity contribution in [1.82, 2.24) is 24.6 Å². The third-order valence-corrected chi connectivity index (χ3v) is 5.61. The van der Waals surface area contributed by atoms with Gasteiger partial charge in [0.25, 0.3) is 6.43 Å². The van der Waals surface area contributed by atoms with Crippen molar-refractivity contribution in [3.8, 4) is 11.1 Å². The van der Waals surface area contributed by atoms with Crippen LogP contribution in [0.25, 0.3) is 27.7 Å². The Morgan fingerprint density at radius 3 is 2.93 bits per heavy atom. The third kappa shape index (κ3) is 3.85. The van der Waals surface area contributed by atoms with Crippen LogP contribution in [-0.2, 0) is 4.74 Å². The number of rotatable bonds is 6. The molecule has 7 nitrogen and oxygen atoms in total. The fraction of sp³-hybridized carbons (Fsp3) is 0.381. The van der Waals surface area contributed by atoms with Crippen LogP contribution in [0, 0.1) is 0 Å². The first kappa shape index (κ1) is 18.9. The number of halogens is 2.